The summed E-state index contributed by atoms with van der Waals surface area (Å²) in [6, 6.07) is 5.57. The molecule has 7 heteroatoms. The number of nitrogens with one attached hydrogen (secondary N) is 1. The Hall–Kier alpha value is -1.27. The highest BCUT2D eigenvalue weighted by molar-refractivity contribution is 8.26. The Labute approximate surface area is 147 Å². The molecule has 3 rings (SSSR count). The fourth-order valence-electron chi connectivity index (χ4n) is 2.04. The Morgan fingerprint density at radius 1 is 1.27 bits per heavy atom. The van der Waals surface area contributed by atoms with Gasteiger partial charge in [0.25, 0.3) is 5.91 Å². The van der Waals surface area contributed by atoms with Crippen LogP contribution in [0.5, 0.6) is 0 Å². The molecule has 22 heavy (non-hydrogen) atoms. The molecule has 0 saturated carbocycles. The molecular formula is C15H10Cl2N2OS2. The number of likely N-dealkylation sites (N-methyl/N-ethyl adjacent to an activating group) is 1. The molecule has 1 amide bonds. The van der Waals surface area contributed by atoms with E-state index in [1.165, 1.54) is 16.7 Å². The summed E-state index contributed by atoms with van der Waals surface area (Å²) in [5, 5.41) is 2.02. The Morgan fingerprint density at radius 3 is 2.68 bits per heavy atom. The zero-order valence-corrected chi connectivity index (χ0v) is 14.5. The Morgan fingerprint density at radius 2 is 2.00 bits per heavy atom. The maximum Gasteiger partial charge on any atom is 0.265 e. The van der Waals surface area contributed by atoms with Crippen molar-refractivity contribution in [1.29, 1.82) is 0 Å². The monoisotopic (exact) mass is 368 g/mol. The second-order valence-electron chi connectivity index (χ2n) is 4.70. The van der Waals surface area contributed by atoms with Gasteiger partial charge >= 0.3 is 0 Å². The molecule has 0 radical (unpaired) electrons. The van der Waals surface area contributed by atoms with Crippen LogP contribution in [0.3, 0.4) is 0 Å². The van der Waals surface area contributed by atoms with Crippen molar-refractivity contribution in [1.82, 2.24) is 9.88 Å². The SMILES string of the molecule is CN1C(=O)C(=CC=Cc2cc3cc(Cl)c(Cl)cc3[nH]2)SC1=S. The first-order valence-electron chi connectivity index (χ1n) is 6.31. The van der Waals surface area contributed by atoms with Gasteiger partial charge in [0.2, 0.25) is 0 Å². The number of carbonyl (C=O) groups excluding carboxylic acids is 1. The number of allylic oxidation sites excluding steroid dienone is 2. The molecule has 3 nitrogen and oxygen atoms in total. The molecule has 1 aromatic carbocycles. The summed E-state index contributed by atoms with van der Waals surface area (Å²) in [6.45, 7) is 0. The first kappa shape index (κ1) is 15.6. The highest BCUT2D eigenvalue weighted by atomic mass is 35.5. The van der Waals surface area contributed by atoms with Crippen LogP contribution < -0.4 is 0 Å². The lowest BCUT2D eigenvalue weighted by Gasteiger charge is -2.03. The van der Waals surface area contributed by atoms with Gasteiger partial charge in [0.05, 0.1) is 15.0 Å². The molecule has 1 fully saturated rings. The van der Waals surface area contributed by atoms with Gasteiger partial charge in [-0.15, -0.1) is 0 Å². The van der Waals surface area contributed by atoms with E-state index >= 15 is 0 Å². The second kappa shape index (κ2) is 6.08. The minimum absolute atomic E-state index is 0.0742. The van der Waals surface area contributed by atoms with Gasteiger partial charge in [-0.3, -0.25) is 9.69 Å². The van der Waals surface area contributed by atoms with Crippen LogP contribution in [0, 0.1) is 0 Å². The summed E-state index contributed by atoms with van der Waals surface area (Å²) in [7, 11) is 1.67. The summed E-state index contributed by atoms with van der Waals surface area (Å²) in [5.41, 5.74) is 1.81. The van der Waals surface area contributed by atoms with Gasteiger partial charge in [0.1, 0.15) is 4.32 Å². The molecule has 1 aromatic heterocycles. The highest BCUT2D eigenvalue weighted by Gasteiger charge is 2.27. The fourth-order valence-corrected chi connectivity index (χ4v) is 3.50. The number of thioether (sulfide) groups is 1. The van der Waals surface area contributed by atoms with Crippen LogP contribution in [0.2, 0.25) is 10.0 Å². The van der Waals surface area contributed by atoms with E-state index in [9.17, 15) is 4.79 Å². The number of aromatic amines is 1. The van der Waals surface area contributed by atoms with E-state index in [1.807, 2.05) is 24.3 Å². The first-order valence-corrected chi connectivity index (χ1v) is 8.30. The third-order valence-electron chi connectivity index (χ3n) is 3.19. The van der Waals surface area contributed by atoms with Crippen LogP contribution in [0.15, 0.2) is 35.3 Å². The summed E-state index contributed by atoms with van der Waals surface area (Å²) >= 11 is 18.4. The summed E-state index contributed by atoms with van der Waals surface area (Å²) < 4.78 is 0.569. The predicted octanol–water partition coefficient (Wildman–Crippen LogP) is 4.86. The van der Waals surface area contributed by atoms with E-state index in [4.69, 9.17) is 35.4 Å². The molecule has 112 valence electrons. The number of aromatic nitrogens is 1. The van der Waals surface area contributed by atoms with E-state index < -0.39 is 0 Å². The fraction of sp³-hybridized carbons (Fsp3) is 0.0667. The van der Waals surface area contributed by atoms with Gasteiger partial charge in [-0.25, -0.2) is 0 Å². The van der Waals surface area contributed by atoms with Gasteiger partial charge < -0.3 is 4.98 Å². The Balaban J connectivity index is 1.84. The summed E-state index contributed by atoms with van der Waals surface area (Å²) in [4.78, 5) is 17.2. The molecule has 1 aliphatic rings. The van der Waals surface area contributed by atoms with Crippen LogP contribution in [-0.4, -0.2) is 27.2 Å². The molecule has 0 bridgehead atoms. The predicted molar refractivity (Wildman–Crippen MR) is 98.4 cm³/mol. The third kappa shape index (κ3) is 2.94. The molecule has 1 N–H and O–H groups in total. The van der Waals surface area contributed by atoms with Crippen molar-refractivity contribution in [2.45, 2.75) is 0 Å². The topological polar surface area (TPSA) is 36.1 Å². The van der Waals surface area contributed by atoms with Gasteiger partial charge in [0.15, 0.2) is 0 Å². The van der Waals surface area contributed by atoms with Crippen LogP contribution in [0.4, 0.5) is 0 Å². The van der Waals surface area contributed by atoms with Crippen molar-refractivity contribution in [3.63, 3.8) is 0 Å². The molecule has 1 aliphatic heterocycles. The van der Waals surface area contributed by atoms with Crippen molar-refractivity contribution < 1.29 is 4.79 Å². The van der Waals surface area contributed by atoms with E-state index in [0.717, 1.165) is 16.6 Å². The van der Waals surface area contributed by atoms with E-state index in [-0.39, 0.29) is 5.91 Å². The maximum absolute atomic E-state index is 11.9. The molecule has 1 saturated heterocycles. The van der Waals surface area contributed by atoms with Crippen molar-refractivity contribution in [3.8, 4) is 0 Å². The number of nitrogens with zero attached hydrogens (tertiary/aromatic N) is 1. The van der Waals surface area contributed by atoms with Crippen LogP contribution in [0.1, 0.15) is 5.69 Å². The Bertz CT molecular complexity index is 816. The Kier molecular flexibility index (Phi) is 4.32. The summed E-state index contributed by atoms with van der Waals surface area (Å²) in [5.74, 6) is -0.0742. The minimum atomic E-state index is -0.0742. The van der Waals surface area contributed by atoms with Crippen LogP contribution in [0.25, 0.3) is 17.0 Å². The lowest BCUT2D eigenvalue weighted by molar-refractivity contribution is -0.121. The normalized spacial score (nSPS) is 17.6. The average molecular weight is 369 g/mol. The summed E-state index contributed by atoms with van der Waals surface area (Å²) in [6.07, 6.45) is 5.45. The molecule has 0 aliphatic carbocycles. The standard InChI is InChI=1S/C15H10Cl2N2OS2/c1-19-14(20)13(22-15(19)21)4-2-3-9-5-8-6-10(16)11(17)7-12(8)18-9/h2-7,18H,1H3. The van der Waals surface area contributed by atoms with E-state index in [0.29, 0.717) is 19.3 Å². The highest BCUT2D eigenvalue weighted by Crippen LogP contribution is 2.30. The van der Waals surface area contributed by atoms with Gasteiger partial charge in [-0.1, -0.05) is 53.3 Å². The number of H-pyrrole nitrogens is 1. The number of benzene rings is 1. The van der Waals surface area contributed by atoms with Gasteiger partial charge in [-0.2, -0.15) is 0 Å². The number of fused-ring (bicyclic) bond motifs is 1. The lowest BCUT2D eigenvalue weighted by Crippen LogP contribution is -2.22. The number of hydrogen-bond acceptors (Lipinski definition) is 3. The van der Waals surface area contributed by atoms with Crippen LogP contribution >= 0.6 is 47.2 Å². The zero-order valence-electron chi connectivity index (χ0n) is 11.4. The number of rotatable bonds is 2. The second-order valence-corrected chi connectivity index (χ2v) is 7.19. The number of carbonyl (C=O) groups is 1. The number of halogens is 2. The number of thiocarbonyl (C=S) groups is 1. The van der Waals surface area contributed by atoms with E-state index in [2.05, 4.69) is 4.98 Å². The van der Waals surface area contributed by atoms with Gasteiger partial charge in [0, 0.05) is 23.6 Å². The zero-order chi connectivity index (χ0) is 15.9. The lowest BCUT2D eigenvalue weighted by atomic mass is 10.2. The molecule has 0 atom stereocenters. The van der Waals surface area contributed by atoms with E-state index in [1.54, 1.807) is 19.2 Å². The quantitative estimate of drug-likeness (QED) is 0.607. The number of amides is 1. The van der Waals surface area contributed by atoms with Crippen molar-refractivity contribution in [3.05, 3.63) is 51.0 Å². The average Bonchev–Trinajstić information content (AvgIpc) is 2.96. The smallest absolute Gasteiger partial charge is 0.265 e. The number of hydrogen-bond donors (Lipinski definition) is 1. The molecule has 2 aromatic rings. The first-order chi connectivity index (χ1) is 10.5. The molecule has 0 spiro atoms. The van der Waals surface area contributed by atoms with Crippen molar-refractivity contribution >= 4 is 74.4 Å². The van der Waals surface area contributed by atoms with Gasteiger partial charge in [-0.05, 0) is 30.4 Å². The third-order valence-corrected chi connectivity index (χ3v) is 5.42. The minimum Gasteiger partial charge on any atom is -0.355 e. The van der Waals surface area contributed by atoms with Crippen LogP contribution in [-0.2, 0) is 4.79 Å². The largest absolute Gasteiger partial charge is 0.355 e. The maximum atomic E-state index is 11.9. The van der Waals surface area contributed by atoms with Crippen molar-refractivity contribution in [2.24, 2.45) is 0 Å². The van der Waals surface area contributed by atoms with Crippen molar-refractivity contribution in [2.75, 3.05) is 7.05 Å². The molecule has 0 unspecified atom stereocenters. The molecule has 2 heterocycles. The molecular weight excluding hydrogens is 359 g/mol.